The lowest BCUT2D eigenvalue weighted by molar-refractivity contribution is -0.116. The molecule has 1 heteroatoms. The summed E-state index contributed by atoms with van der Waals surface area (Å²) in [5.41, 5.74) is 2.23. The summed E-state index contributed by atoms with van der Waals surface area (Å²) in [4.78, 5) is 11.9. The maximum Gasteiger partial charge on any atom is 0.159 e. The highest BCUT2D eigenvalue weighted by Gasteiger charge is 2.30. The largest absolute Gasteiger partial charge is 0.295 e. The number of hydrogen-bond donors (Lipinski definition) is 0. The number of carbonyl (C=O) groups is 1. The number of hydrogen-bond acceptors (Lipinski definition) is 1. The number of ketones is 1. The second-order valence-corrected chi connectivity index (χ2v) is 4.72. The van der Waals surface area contributed by atoms with E-state index >= 15 is 0 Å². The molecular weight excluding hydrogens is 172 g/mol. The van der Waals surface area contributed by atoms with Crippen molar-refractivity contribution >= 4 is 5.78 Å². The summed E-state index contributed by atoms with van der Waals surface area (Å²) >= 11 is 0. The summed E-state index contributed by atoms with van der Waals surface area (Å²) in [6.45, 7) is 8.41. The Bertz CT molecular complexity index is 292. The molecule has 0 atom stereocenters. The van der Waals surface area contributed by atoms with Crippen LogP contribution in [0, 0.1) is 5.41 Å². The first-order valence-corrected chi connectivity index (χ1v) is 5.40. The summed E-state index contributed by atoms with van der Waals surface area (Å²) in [5.74, 6) is 0.333. The fraction of sp³-hybridized carbons (Fsp3) is 0.615. The van der Waals surface area contributed by atoms with Gasteiger partial charge in [0, 0.05) is 12.0 Å². The lowest BCUT2D eigenvalue weighted by atomic mass is 9.73. The minimum absolute atomic E-state index is 0.0328. The van der Waals surface area contributed by atoms with E-state index in [2.05, 4.69) is 32.9 Å². The van der Waals surface area contributed by atoms with E-state index in [-0.39, 0.29) is 5.41 Å². The first-order chi connectivity index (χ1) is 6.49. The minimum Gasteiger partial charge on any atom is -0.295 e. The molecule has 0 amide bonds. The zero-order valence-corrected chi connectivity index (χ0v) is 9.68. The van der Waals surface area contributed by atoms with Crippen molar-refractivity contribution in [2.75, 3.05) is 0 Å². The van der Waals surface area contributed by atoms with E-state index in [9.17, 15) is 4.79 Å². The van der Waals surface area contributed by atoms with Gasteiger partial charge >= 0.3 is 0 Å². The predicted molar refractivity (Wildman–Crippen MR) is 60.2 cm³/mol. The molecule has 0 spiro atoms. The third kappa shape index (κ3) is 2.14. The molecule has 0 aromatic rings. The first-order valence-electron chi connectivity index (χ1n) is 5.40. The summed E-state index contributed by atoms with van der Waals surface area (Å²) in [5, 5.41) is 0. The fourth-order valence-corrected chi connectivity index (χ4v) is 2.20. The van der Waals surface area contributed by atoms with Gasteiger partial charge in [-0.05, 0) is 30.8 Å². The number of carbonyl (C=O) groups excluding carboxylic acids is 1. The lowest BCUT2D eigenvalue weighted by Crippen LogP contribution is -2.24. The maximum absolute atomic E-state index is 11.9. The Morgan fingerprint density at radius 3 is 2.64 bits per heavy atom. The van der Waals surface area contributed by atoms with Crippen molar-refractivity contribution in [3.8, 4) is 0 Å². The van der Waals surface area contributed by atoms with Gasteiger partial charge in [0.15, 0.2) is 5.78 Å². The highest BCUT2D eigenvalue weighted by atomic mass is 16.1. The molecule has 0 aromatic carbocycles. The van der Waals surface area contributed by atoms with Crippen LogP contribution < -0.4 is 0 Å². The number of allylic oxidation sites excluding steroid dienone is 4. The van der Waals surface area contributed by atoms with Crippen molar-refractivity contribution in [2.45, 2.75) is 47.0 Å². The Kier molecular flexibility index (Phi) is 3.30. The van der Waals surface area contributed by atoms with Gasteiger partial charge in [0.1, 0.15) is 0 Å². The van der Waals surface area contributed by atoms with Crippen molar-refractivity contribution < 1.29 is 4.79 Å². The average molecular weight is 192 g/mol. The van der Waals surface area contributed by atoms with Gasteiger partial charge in [0.25, 0.3) is 0 Å². The van der Waals surface area contributed by atoms with Crippen LogP contribution in [-0.4, -0.2) is 5.78 Å². The van der Waals surface area contributed by atoms with E-state index in [1.807, 2.05) is 6.92 Å². The number of rotatable bonds is 3. The minimum atomic E-state index is 0.0328. The van der Waals surface area contributed by atoms with Crippen molar-refractivity contribution in [1.29, 1.82) is 0 Å². The van der Waals surface area contributed by atoms with Crippen LogP contribution in [0.1, 0.15) is 47.0 Å². The Morgan fingerprint density at radius 1 is 1.50 bits per heavy atom. The fourth-order valence-electron chi connectivity index (χ4n) is 2.20. The molecule has 0 saturated carbocycles. The standard InChI is InChI=1S/C13H20O/c1-5-7-11(14)12-10(2)8-6-9-13(12,3)4/h6,8H,5,7,9H2,1-4H3. The molecule has 0 fully saturated rings. The third-order valence-corrected chi connectivity index (χ3v) is 2.82. The van der Waals surface area contributed by atoms with Crippen LogP contribution in [0.3, 0.4) is 0 Å². The molecule has 0 radical (unpaired) electrons. The zero-order valence-electron chi connectivity index (χ0n) is 9.68. The Labute approximate surface area is 86.9 Å². The molecule has 14 heavy (non-hydrogen) atoms. The van der Waals surface area contributed by atoms with Gasteiger partial charge in [-0.15, -0.1) is 0 Å². The van der Waals surface area contributed by atoms with E-state index in [1.54, 1.807) is 0 Å². The quantitative estimate of drug-likeness (QED) is 0.667. The molecule has 0 aromatic heterocycles. The molecule has 78 valence electrons. The van der Waals surface area contributed by atoms with Crippen molar-refractivity contribution in [3.05, 3.63) is 23.3 Å². The van der Waals surface area contributed by atoms with E-state index < -0.39 is 0 Å². The molecule has 0 saturated heterocycles. The Balaban J connectivity index is 3.01. The van der Waals surface area contributed by atoms with Gasteiger partial charge in [-0.3, -0.25) is 4.79 Å². The SMILES string of the molecule is CCCC(=O)C1=C(C)C=CCC1(C)C. The maximum atomic E-state index is 11.9. The molecular formula is C13H20O. The lowest BCUT2D eigenvalue weighted by Gasteiger charge is -2.30. The van der Waals surface area contributed by atoms with Gasteiger partial charge in [-0.25, -0.2) is 0 Å². The van der Waals surface area contributed by atoms with Crippen LogP contribution in [-0.2, 0) is 4.79 Å². The molecule has 1 rings (SSSR count). The zero-order chi connectivity index (χ0) is 10.8. The van der Waals surface area contributed by atoms with E-state index in [1.165, 1.54) is 0 Å². The second-order valence-electron chi connectivity index (χ2n) is 4.72. The smallest absolute Gasteiger partial charge is 0.159 e. The average Bonchev–Trinajstić information content (AvgIpc) is 2.02. The molecule has 0 aliphatic heterocycles. The summed E-state index contributed by atoms with van der Waals surface area (Å²) in [7, 11) is 0. The van der Waals surface area contributed by atoms with Gasteiger partial charge in [-0.1, -0.05) is 32.9 Å². The molecule has 0 unspecified atom stereocenters. The van der Waals surface area contributed by atoms with E-state index in [0.29, 0.717) is 12.2 Å². The molecule has 0 bridgehead atoms. The molecule has 0 heterocycles. The topological polar surface area (TPSA) is 17.1 Å². The van der Waals surface area contributed by atoms with Gasteiger partial charge < -0.3 is 0 Å². The predicted octanol–water partition coefficient (Wildman–Crippen LogP) is 3.66. The van der Waals surface area contributed by atoms with Crippen LogP contribution in [0.15, 0.2) is 23.3 Å². The van der Waals surface area contributed by atoms with Gasteiger partial charge in [0.2, 0.25) is 0 Å². The van der Waals surface area contributed by atoms with Crippen LogP contribution in [0.25, 0.3) is 0 Å². The molecule has 1 aliphatic rings. The molecule has 1 nitrogen and oxygen atoms in total. The monoisotopic (exact) mass is 192 g/mol. The van der Waals surface area contributed by atoms with E-state index in [4.69, 9.17) is 0 Å². The highest BCUT2D eigenvalue weighted by molar-refractivity contribution is 5.97. The molecule has 1 aliphatic carbocycles. The normalized spacial score (nSPS) is 20.0. The van der Waals surface area contributed by atoms with Gasteiger partial charge in [0.05, 0.1) is 0 Å². The van der Waals surface area contributed by atoms with Crippen LogP contribution in [0.5, 0.6) is 0 Å². The third-order valence-electron chi connectivity index (χ3n) is 2.82. The molecule has 0 N–H and O–H groups in total. The van der Waals surface area contributed by atoms with Gasteiger partial charge in [-0.2, -0.15) is 0 Å². The van der Waals surface area contributed by atoms with Crippen molar-refractivity contribution in [3.63, 3.8) is 0 Å². The highest BCUT2D eigenvalue weighted by Crippen LogP contribution is 2.37. The summed E-state index contributed by atoms with van der Waals surface area (Å²) in [6.07, 6.45) is 6.85. The van der Waals surface area contributed by atoms with Crippen LogP contribution in [0.4, 0.5) is 0 Å². The Morgan fingerprint density at radius 2 is 2.14 bits per heavy atom. The second kappa shape index (κ2) is 4.12. The van der Waals surface area contributed by atoms with Crippen molar-refractivity contribution in [2.24, 2.45) is 5.41 Å². The van der Waals surface area contributed by atoms with E-state index in [0.717, 1.165) is 24.0 Å². The Hall–Kier alpha value is -0.850. The summed E-state index contributed by atoms with van der Waals surface area (Å²) in [6, 6.07) is 0. The summed E-state index contributed by atoms with van der Waals surface area (Å²) < 4.78 is 0. The van der Waals surface area contributed by atoms with Crippen molar-refractivity contribution in [1.82, 2.24) is 0 Å². The van der Waals surface area contributed by atoms with Crippen LogP contribution in [0.2, 0.25) is 0 Å². The number of Topliss-reactive ketones (excluding diaryl/α,β-unsaturated/α-hetero) is 1. The first kappa shape index (κ1) is 11.2. The van der Waals surface area contributed by atoms with Crippen LogP contribution >= 0.6 is 0 Å².